The molecular formula is C22H29Cl2NOS. The van der Waals surface area contributed by atoms with Gasteiger partial charge in [0, 0.05) is 28.3 Å². The number of hydrogen-bond acceptors (Lipinski definition) is 3. The van der Waals surface area contributed by atoms with Gasteiger partial charge in [-0.25, -0.2) is 0 Å². The van der Waals surface area contributed by atoms with Crippen molar-refractivity contribution in [1.82, 2.24) is 5.32 Å². The van der Waals surface area contributed by atoms with Gasteiger partial charge in [-0.1, -0.05) is 61.5 Å². The third-order valence-corrected chi connectivity index (χ3v) is 6.06. The second-order valence-corrected chi connectivity index (χ2v) is 8.56. The minimum atomic E-state index is 0.268. The first-order chi connectivity index (χ1) is 13.1. The lowest BCUT2D eigenvalue weighted by Gasteiger charge is -2.16. The molecule has 0 bridgehead atoms. The van der Waals surface area contributed by atoms with Crippen molar-refractivity contribution in [3.63, 3.8) is 0 Å². The van der Waals surface area contributed by atoms with Gasteiger partial charge in [0.25, 0.3) is 0 Å². The van der Waals surface area contributed by atoms with Crippen molar-refractivity contribution < 1.29 is 4.74 Å². The predicted molar refractivity (Wildman–Crippen MR) is 120 cm³/mol. The highest BCUT2D eigenvalue weighted by atomic mass is 35.5. The Morgan fingerprint density at radius 2 is 1.93 bits per heavy atom. The van der Waals surface area contributed by atoms with Crippen molar-refractivity contribution in [2.24, 2.45) is 0 Å². The molecule has 1 N–H and O–H groups in total. The quantitative estimate of drug-likeness (QED) is 0.282. The van der Waals surface area contributed by atoms with Gasteiger partial charge in [0.15, 0.2) is 0 Å². The predicted octanol–water partition coefficient (Wildman–Crippen LogP) is 7.40. The summed E-state index contributed by atoms with van der Waals surface area (Å²) in [5.74, 6) is 1.88. The van der Waals surface area contributed by atoms with Crippen molar-refractivity contribution in [1.29, 1.82) is 0 Å². The number of benzene rings is 2. The van der Waals surface area contributed by atoms with Crippen LogP contribution in [-0.4, -0.2) is 18.9 Å². The van der Waals surface area contributed by atoms with Crippen LogP contribution in [0.3, 0.4) is 0 Å². The monoisotopic (exact) mass is 425 g/mol. The maximum atomic E-state index is 6.21. The summed E-state index contributed by atoms with van der Waals surface area (Å²) < 4.78 is 5.89. The van der Waals surface area contributed by atoms with E-state index in [1.165, 1.54) is 24.8 Å². The average molecular weight is 426 g/mol. The number of ether oxygens (including phenoxy) is 1. The van der Waals surface area contributed by atoms with Gasteiger partial charge in [0.05, 0.1) is 11.6 Å². The van der Waals surface area contributed by atoms with Crippen LogP contribution in [-0.2, 0) is 0 Å². The van der Waals surface area contributed by atoms with E-state index >= 15 is 0 Å². The molecular weight excluding hydrogens is 397 g/mol. The molecule has 0 aliphatic heterocycles. The van der Waals surface area contributed by atoms with Crippen LogP contribution in [0.25, 0.3) is 0 Å². The van der Waals surface area contributed by atoms with Crippen LogP contribution < -0.4 is 10.1 Å². The Balaban J connectivity index is 1.74. The van der Waals surface area contributed by atoms with Crippen LogP contribution in [0.15, 0.2) is 47.4 Å². The van der Waals surface area contributed by atoms with Crippen molar-refractivity contribution >= 4 is 35.0 Å². The number of hydrogen-bond donors (Lipinski definition) is 1. The van der Waals surface area contributed by atoms with E-state index in [-0.39, 0.29) is 6.04 Å². The highest BCUT2D eigenvalue weighted by Crippen LogP contribution is 2.29. The molecule has 1 unspecified atom stereocenters. The largest absolute Gasteiger partial charge is 0.494 e. The van der Waals surface area contributed by atoms with Gasteiger partial charge >= 0.3 is 0 Å². The van der Waals surface area contributed by atoms with Gasteiger partial charge < -0.3 is 10.1 Å². The zero-order valence-corrected chi connectivity index (χ0v) is 18.5. The summed E-state index contributed by atoms with van der Waals surface area (Å²) in [7, 11) is 0. The molecule has 0 aromatic heterocycles. The van der Waals surface area contributed by atoms with Crippen LogP contribution in [0.5, 0.6) is 5.75 Å². The fourth-order valence-corrected chi connectivity index (χ4v) is 4.11. The smallest absolute Gasteiger partial charge is 0.119 e. The molecule has 2 rings (SSSR count). The summed E-state index contributed by atoms with van der Waals surface area (Å²) in [5, 5.41) is 5.03. The molecule has 0 spiro atoms. The number of rotatable bonds is 12. The Morgan fingerprint density at radius 1 is 1.07 bits per heavy atom. The van der Waals surface area contributed by atoms with Crippen molar-refractivity contribution in [2.45, 2.75) is 50.5 Å². The molecule has 0 fully saturated rings. The van der Waals surface area contributed by atoms with E-state index in [9.17, 15) is 0 Å². The van der Waals surface area contributed by atoms with E-state index < -0.39 is 0 Å². The Kier molecular flexibility index (Phi) is 10.4. The SMILES string of the molecule is CCCCCCOc1cccc(C(C)NCCSc2cc(Cl)ccc2Cl)c1. The zero-order chi connectivity index (χ0) is 19.5. The summed E-state index contributed by atoms with van der Waals surface area (Å²) in [5.41, 5.74) is 1.24. The molecule has 0 saturated heterocycles. The van der Waals surface area contributed by atoms with Gasteiger partial charge in [0.1, 0.15) is 5.75 Å². The summed E-state index contributed by atoms with van der Waals surface area (Å²) in [6, 6.07) is 14.2. The summed E-state index contributed by atoms with van der Waals surface area (Å²) in [6.45, 7) is 6.08. The summed E-state index contributed by atoms with van der Waals surface area (Å²) in [6.07, 6.45) is 4.89. The minimum absolute atomic E-state index is 0.268. The molecule has 0 aliphatic carbocycles. The standard InChI is InChI=1S/C22H29Cl2NOS/c1-3-4-5-6-13-26-20-9-7-8-18(15-20)17(2)25-12-14-27-22-16-19(23)10-11-21(22)24/h7-11,15-17,25H,3-6,12-14H2,1-2H3. The molecule has 27 heavy (non-hydrogen) atoms. The number of unbranched alkanes of at least 4 members (excludes halogenated alkanes) is 3. The van der Waals surface area contributed by atoms with E-state index in [0.717, 1.165) is 46.0 Å². The van der Waals surface area contributed by atoms with E-state index in [0.29, 0.717) is 0 Å². The van der Waals surface area contributed by atoms with E-state index in [4.69, 9.17) is 27.9 Å². The molecule has 2 aromatic rings. The van der Waals surface area contributed by atoms with Gasteiger partial charge in [0.2, 0.25) is 0 Å². The molecule has 0 amide bonds. The lowest BCUT2D eigenvalue weighted by Crippen LogP contribution is -2.21. The second-order valence-electron chi connectivity index (χ2n) is 6.58. The Bertz CT molecular complexity index is 696. The first-order valence-electron chi connectivity index (χ1n) is 9.64. The summed E-state index contributed by atoms with van der Waals surface area (Å²) in [4.78, 5) is 1.03. The lowest BCUT2D eigenvalue weighted by molar-refractivity contribution is 0.304. The number of halogens is 2. The Morgan fingerprint density at radius 3 is 2.74 bits per heavy atom. The molecule has 0 aliphatic rings. The van der Waals surface area contributed by atoms with Crippen LogP contribution in [0, 0.1) is 0 Å². The average Bonchev–Trinajstić information content (AvgIpc) is 2.67. The normalized spacial score (nSPS) is 12.1. The van der Waals surface area contributed by atoms with E-state index in [1.54, 1.807) is 11.8 Å². The van der Waals surface area contributed by atoms with Gasteiger partial charge in [-0.2, -0.15) is 0 Å². The van der Waals surface area contributed by atoms with Crippen LogP contribution in [0.1, 0.15) is 51.1 Å². The Hall–Kier alpha value is -0.870. The van der Waals surface area contributed by atoms with E-state index in [2.05, 4.69) is 37.4 Å². The maximum Gasteiger partial charge on any atom is 0.119 e. The third-order valence-electron chi connectivity index (χ3n) is 4.33. The molecule has 5 heteroatoms. The number of nitrogens with one attached hydrogen (secondary N) is 1. The van der Waals surface area contributed by atoms with Crippen molar-refractivity contribution in [3.05, 3.63) is 58.1 Å². The highest BCUT2D eigenvalue weighted by Gasteiger charge is 2.07. The second kappa shape index (κ2) is 12.6. The fraction of sp³-hybridized carbons (Fsp3) is 0.455. The third kappa shape index (κ3) is 8.35. The van der Waals surface area contributed by atoms with Gasteiger partial charge in [-0.05, 0) is 49.2 Å². The Labute approximate surface area is 178 Å². The maximum absolute atomic E-state index is 6.21. The topological polar surface area (TPSA) is 21.3 Å². The van der Waals surface area contributed by atoms with Gasteiger partial charge in [-0.3, -0.25) is 0 Å². The van der Waals surface area contributed by atoms with Crippen LogP contribution in [0.4, 0.5) is 0 Å². The molecule has 1 atom stereocenters. The van der Waals surface area contributed by atoms with E-state index in [1.807, 2.05) is 24.3 Å². The van der Waals surface area contributed by atoms with Crippen molar-refractivity contribution in [2.75, 3.05) is 18.9 Å². The number of thioether (sulfide) groups is 1. The van der Waals surface area contributed by atoms with Crippen molar-refractivity contribution in [3.8, 4) is 5.75 Å². The summed E-state index contributed by atoms with van der Waals surface area (Å²) >= 11 is 14.0. The lowest BCUT2D eigenvalue weighted by atomic mass is 10.1. The van der Waals surface area contributed by atoms with Gasteiger partial charge in [-0.15, -0.1) is 11.8 Å². The molecule has 148 valence electrons. The molecule has 2 aromatic carbocycles. The minimum Gasteiger partial charge on any atom is -0.494 e. The highest BCUT2D eigenvalue weighted by molar-refractivity contribution is 7.99. The molecule has 2 nitrogen and oxygen atoms in total. The molecule has 0 saturated carbocycles. The van der Waals surface area contributed by atoms with Crippen LogP contribution >= 0.6 is 35.0 Å². The first-order valence-corrected chi connectivity index (χ1v) is 11.4. The fourth-order valence-electron chi connectivity index (χ4n) is 2.73. The molecule has 0 radical (unpaired) electrons. The molecule has 0 heterocycles. The van der Waals surface area contributed by atoms with Crippen LogP contribution in [0.2, 0.25) is 10.0 Å². The first kappa shape index (κ1) is 22.4. The zero-order valence-electron chi connectivity index (χ0n) is 16.1.